The van der Waals surface area contributed by atoms with Crippen LogP contribution in [0.5, 0.6) is 0 Å². The first kappa shape index (κ1) is 13.7. The molecule has 1 amide bonds. The molecule has 0 unspecified atom stereocenters. The highest BCUT2D eigenvalue weighted by molar-refractivity contribution is 6.29. The minimum atomic E-state index is -0.561. The smallest absolute Gasteiger partial charge is 0.268 e. The summed E-state index contributed by atoms with van der Waals surface area (Å²) in [6.45, 7) is -0.391. The molecule has 106 valence electrons. The van der Waals surface area contributed by atoms with Gasteiger partial charge in [0.05, 0.1) is 5.36 Å². The molecule has 0 saturated carbocycles. The van der Waals surface area contributed by atoms with Crippen LogP contribution in [0.1, 0.15) is 5.56 Å². The number of pyridine rings is 1. The molecule has 2 aromatic rings. The monoisotopic (exact) mass is 305 g/mol. The predicted octanol–water partition coefficient (Wildman–Crippen LogP) is 0.882. The fourth-order valence-electron chi connectivity index (χ4n) is 2.11. The van der Waals surface area contributed by atoms with Crippen molar-refractivity contribution in [3.8, 4) is 0 Å². The van der Waals surface area contributed by atoms with Gasteiger partial charge < -0.3 is 0 Å². The summed E-state index contributed by atoms with van der Waals surface area (Å²) in [4.78, 5) is 19.6. The molecule has 1 aromatic heterocycles. The number of halogens is 2. The van der Waals surface area contributed by atoms with Crippen molar-refractivity contribution in [2.75, 3.05) is 6.54 Å². The van der Waals surface area contributed by atoms with Gasteiger partial charge in [-0.15, -0.1) is 0 Å². The topological polar surface area (TPSA) is 65.8 Å². The van der Waals surface area contributed by atoms with Gasteiger partial charge in [-0.05, 0) is 24.3 Å². The maximum Gasteiger partial charge on any atom is 0.268 e. The molecule has 0 fully saturated rings. The maximum atomic E-state index is 14.0. The molecule has 0 radical (unpaired) electrons. The number of hydrogen-bond donors (Lipinski definition) is 1. The van der Waals surface area contributed by atoms with E-state index in [-0.39, 0.29) is 27.1 Å². The highest BCUT2D eigenvalue weighted by atomic mass is 35.5. The molecule has 1 N–H and O–H groups in total. The molecule has 3 rings (SSSR count). The van der Waals surface area contributed by atoms with Gasteiger partial charge in [-0.3, -0.25) is 10.0 Å². The van der Waals surface area contributed by atoms with E-state index in [0.29, 0.717) is 5.06 Å². The van der Waals surface area contributed by atoms with Gasteiger partial charge in [-0.25, -0.2) is 19.4 Å². The third-order valence-electron chi connectivity index (χ3n) is 2.98. The first-order chi connectivity index (χ1) is 10.1. The first-order valence-electron chi connectivity index (χ1n) is 6.06. The molecule has 0 atom stereocenters. The van der Waals surface area contributed by atoms with Crippen molar-refractivity contribution in [2.45, 2.75) is 0 Å². The van der Waals surface area contributed by atoms with Crippen LogP contribution in [0.2, 0.25) is 5.15 Å². The van der Waals surface area contributed by atoms with E-state index in [4.69, 9.17) is 11.6 Å². The number of hydrogen-bond acceptors (Lipinski definition) is 4. The summed E-state index contributed by atoms with van der Waals surface area (Å²) < 4.78 is 14.0. The second-order valence-electron chi connectivity index (χ2n) is 4.39. The van der Waals surface area contributed by atoms with E-state index < -0.39 is 18.3 Å². The van der Waals surface area contributed by atoms with E-state index in [1.807, 2.05) is 0 Å². The SMILES string of the molecule is O=C1CN(O)C(c2ccccc2F)=c2nc(Cl)ccc2=N1. The summed E-state index contributed by atoms with van der Waals surface area (Å²) in [6, 6.07) is 8.86. The number of aromatic nitrogens is 1. The van der Waals surface area contributed by atoms with E-state index in [1.165, 1.54) is 30.3 Å². The van der Waals surface area contributed by atoms with Crippen molar-refractivity contribution in [2.24, 2.45) is 4.99 Å². The van der Waals surface area contributed by atoms with E-state index >= 15 is 0 Å². The van der Waals surface area contributed by atoms with Crippen LogP contribution in [0.4, 0.5) is 4.39 Å². The van der Waals surface area contributed by atoms with Gasteiger partial charge in [0, 0.05) is 5.56 Å². The number of carbonyl (C=O) groups excluding carboxylic acids is 1. The molecule has 0 aliphatic carbocycles. The number of carbonyl (C=O) groups is 1. The number of rotatable bonds is 1. The van der Waals surface area contributed by atoms with Crippen LogP contribution >= 0.6 is 11.6 Å². The maximum absolute atomic E-state index is 14.0. The van der Waals surface area contributed by atoms with Crippen molar-refractivity contribution in [1.82, 2.24) is 10.0 Å². The lowest BCUT2D eigenvalue weighted by molar-refractivity contribution is -0.125. The second kappa shape index (κ2) is 5.23. The number of amides is 1. The largest absolute Gasteiger partial charge is 0.288 e. The van der Waals surface area contributed by atoms with E-state index in [1.54, 1.807) is 6.07 Å². The Morgan fingerprint density at radius 1 is 1.24 bits per heavy atom. The van der Waals surface area contributed by atoms with Crippen LogP contribution in [0, 0.1) is 5.82 Å². The zero-order chi connectivity index (χ0) is 15.0. The fourth-order valence-corrected chi connectivity index (χ4v) is 2.26. The Labute approximate surface area is 123 Å². The Balaban J connectivity index is 2.46. The zero-order valence-electron chi connectivity index (χ0n) is 10.6. The summed E-state index contributed by atoms with van der Waals surface area (Å²) in [5.74, 6) is -1.11. The number of hydroxylamine groups is 2. The molecule has 2 heterocycles. The zero-order valence-corrected chi connectivity index (χ0v) is 11.4. The van der Waals surface area contributed by atoms with Gasteiger partial charge in [-0.1, -0.05) is 23.7 Å². The summed E-state index contributed by atoms with van der Waals surface area (Å²) in [5, 5.41) is 11.3. The van der Waals surface area contributed by atoms with Crippen LogP contribution < -0.4 is 10.7 Å². The number of benzene rings is 1. The molecule has 21 heavy (non-hydrogen) atoms. The van der Waals surface area contributed by atoms with Crippen molar-refractivity contribution in [3.05, 3.63) is 63.6 Å². The number of nitrogens with zero attached hydrogens (tertiary/aromatic N) is 3. The average Bonchev–Trinajstić information content (AvgIpc) is 2.55. The van der Waals surface area contributed by atoms with E-state index in [0.717, 1.165) is 0 Å². The normalized spacial score (nSPS) is 14.5. The Bertz CT molecular complexity index is 854. The fraction of sp³-hybridized carbons (Fsp3) is 0.0714. The third kappa shape index (κ3) is 2.51. The molecular weight excluding hydrogens is 297 g/mol. The van der Waals surface area contributed by atoms with Crippen molar-refractivity contribution < 1.29 is 14.4 Å². The van der Waals surface area contributed by atoms with Crippen LogP contribution in [0.3, 0.4) is 0 Å². The van der Waals surface area contributed by atoms with Gasteiger partial charge in [0.2, 0.25) is 0 Å². The lowest BCUT2D eigenvalue weighted by Crippen LogP contribution is -2.35. The summed E-state index contributed by atoms with van der Waals surface area (Å²) in [5.41, 5.74) is 0.168. The minimum absolute atomic E-state index is 0.0557. The van der Waals surface area contributed by atoms with Gasteiger partial charge in [0.25, 0.3) is 5.91 Å². The van der Waals surface area contributed by atoms with Gasteiger partial charge in [0.15, 0.2) is 0 Å². The highest BCUT2D eigenvalue weighted by Gasteiger charge is 2.21. The Morgan fingerprint density at radius 2 is 2.00 bits per heavy atom. The van der Waals surface area contributed by atoms with Crippen LogP contribution in [0.15, 0.2) is 41.4 Å². The Morgan fingerprint density at radius 3 is 2.76 bits per heavy atom. The molecule has 1 aromatic carbocycles. The summed E-state index contributed by atoms with van der Waals surface area (Å²) in [6.07, 6.45) is 0. The molecule has 7 heteroatoms. The van der Waals surface area contributed by atoms with Crippen LogP contribution in [-0.2, 0) is 4.79 Å². The Hall–Kier alpha value is -2.31. The van der Waals surface area contributed by atoms with Gasteiger partial charge >= 0.3 is 0 Å². The predicted molar refractivity (Wildman–Crippen MR) is 72.4 cm³/mol. The van der Waals surface area contributed by atoms with Gasteiger partial charge in [0.1, 0.15) is 28.6 Å². The highest BCUT2D eigenvalue weighted by Crippen LogP contribution is 2.18. The molecule has 1 aliphatic heterocycles. The molecule has 0 saturated heterocycles. The molecular formula is C14H9ClFN3O2. The quantitative estimate of drug-likeness (QED) is 0.794. The Kier molecular flexibility index (Phi) is 3.40. The first-order valence-corrected chi connectivity index (χ1v) is 6.44. The number of fused-ring (bicyclic) bond motifs is 1. The minimum Gasteiger partial charge on any atom is -0.288 e. The molecule has 5 nitrogen and oxygen atoms in total. The van der Waals surface area contributed by atoms with E-state index in [2.05, 4.69) is 9.98 Å². The molecule has 1 aliphatic rings. The van der Waals surface area contributed by atoms with E-state index in [9.17, 15) is 14.4 Å². The third-order valence-corrected chi connectivity index (χ3v) is 3.19. The van der Waals surface area contributed by atoms with Crippen molar-refractivity contribution in [3.63, 3.8) is 0 Å². The summed E-state index contributed by atoms with van der Waals surface area (Å²) in [7, 11) is 0. The molecule has 0 bridgehead atoms. The summed E-state index contributed by atoms with van der Waals surface area (Å²) >= 11 is 5.86. The van der Waals surface area contributed by atoms with Crippen molar-refractivity contribution in [1.29, 1.82) is 0 Å². The second-order valence-corrected chi connectivity index (χ2v) is 4.78. The van der Waals surface area contributed by atoms with Gasteiger partial charge in [-0.2, -0.15) is 0 Å². The van der Waals surface area contributed by atoms with Crippen molar-refractivity contribution >= 4 is 23.2 Å². The lowest BCUT2D eigenvalue weighted by atomic mass is 10.1. The van der Waals surface area contributed by atoms with Crippen LogP contribution in [0.25, 0.3) is 5.70 Å². The molecule has 0 spiro atoms. The van der Waals surface area contributed by atoms with Crippen LogP contribution in [-0.4, -0.2) is 27.7 Å². The lowest BCUT2D eigenvalue weighted by Gasteiger charge is -2.17. The average molecular weight is 306 g/mol. The standard InChI is InChI=1S/C14H9ClFN3O2/c15-11-6-5-10-13(18-11)14(19(21)7-12(20)17-10)8-3-1-2-4-9(8)16/h1-6,21H,7H2.